The van der Waals surface area contributed by atoms with Gasteiger partial charge in [0.05, 0.1) is 10.2 Å². The van der Waals surface area contributed by atoms with Gasteiger partial charge in [-0.15, -0.1) is 0 Å². The summed E-state index contributed by atoms with van der Waals surface area (Å²) in [5, 5.41) is 4.86. The first-order chi connectivity index (χ1) is 12.0. The molecule has 0 atom stereocenters. The van der Waals surface area contributed by atoms with Gasteiger partial charge in [0.25, 0.3) is 5.91 Å². The maximum atomic E-state index is 12.5. The number of anilines is 1. The first-order valence-corrected chi connectivity index (χ1v) is 9.19. The first kappa shape index (κ1) is 16.1. The number of piperazine rings is 1. The third-order valence-corrected chi connectivity index (χ3v) is 5.87. The van der Waals surface area contributed by atoms with Crippen LogP contribution in [0.5, 0.6) is 0 Å². The minimum atomic E-state index is -0.0625. The highest BCUT2D eigenvalue weighted by molar-refractivity contribution is 7.22. The van der Waals surface area contributed by atoms with Crippen molar-refractivity contribution >= 4 is 32.6 Å². The van der Waals surface area contributed by atoms with Crippen molar-refractivity contribution in [3.8, 4) is 0 Å². The predicted molar refractivity (Wildman–Crippen MR) is 98.5 cm³/mol. The van der Waals surface area contributed by atoms with E-state index in [0.717, 1.165) is 23.7 Å². The van der Waals surface area contributed by atoms with Crippen molar-refractivity contribution in [2.75, 3.05) is 31.1 Å². The molecule has 1 saturated heterocycles. The van der Waals surface area contributed by atoms with E-state index in [1.54, 1.807) is 24.3 Å². The maximum Gasteiger partial charge on any atom is 0.276 e. The Morgan fingerprint density at radius 1 is 1.12 bits per heavy atom. The monoisotopic (exact) mass is 356 g/mol. The van der Waals surface area contributed by atoms with Gasteiger partial charge in [0, 0.05) is 32.2 Å². The van der Waals surface area contributed by atoms with Crippen LogP contribution in [-0.4, -0.2) is 47.1 Å². The molecule has 3 heterocycles. The summed E-state index contributed by atoms with van der Waals surface area (Å²) >= 11 is 1.74. The van der Waals surface area contributed by atoms with Crippen LogP contribution in [0, 0.1) is 20.8 Å². The number of hydrogen-bond donors (Lipinski definition) is 0. The fourth-order valence-electron chi connectivity index (χ4n) is 3.11. The largest absolute Gasteiger partial charge is 0.361 e. The molecular weight excluding hydrogens is 336 g/mol. The molecule has 6 nitrogen and oxygen atoms in total. The van der Waals surface area contributed by atoms with E-state index in [9.17, 15) is 4.79 Å². The van der Waals surface area contributed by atoms with Gasteiger partial charge in [-0.3, -0.25) is 4.79 Å². The molecule has 0 aliphatic carbocycles. The maximum absolute atomic E-state index is 12.5. The number of rotatable bonds is 2. The Labute approximate surface area is 150 Å². The molecule has 0 radical (unpaired) electrons. The summed E-state index contributed by atoms with van der Waals surface area (Å²) < 4.78 is 6.26. The lowest BCUT2D eigenvalue weighted by Gasteiger charge is -2.34. The van der Waals surface area contributed by atoms with Crippen molar-refractivity contribution in [2.45, 2.75) is 20.8 Å². The average Bonchev–Trinajstić information content (AvgIpc) is 3.25. The summed E-state index contributed by atoms with van der Waals surface area (Å²) in [6.45, 7) is 8.90. The Hall–Kier alpha value is -2.41. The highest BCUT2D eigenvalue weighted by Gasteiger charge is 2.25. The number of carbonyl (C=O) groups is 1. The van der Waals surface area contributed by atoms with Crippen LogP contribution in [0.1, 0.15) is 27.4 Å². The lowest BCUT2D eigenvalue weighted by Crippen LogP contribution is -2.48. The van der Waals surface area contributed by atoms with Crippen molar-refractivity contribution in [1.82, 2.24) is 15.0 Å². The van der Waals surface area contributed by atoms with Crippen LogP contribution in [0.3, 0.4) is 0 Å². The zero-order valence-corrected chi connectivity index (χ0v) is 15.4. The van der Waals surface area contributed by atoms with Gasteiger partial charge in [-0.25, -0.2) is 4.98 Å². The van der Waals surface area contributed by atoms with Gasteiger partial charge in [-0.1, -0.05) is 28.6 Å². The second-order valence-electron chi connectivity index (χ2n) is 6.48. The van der Waals surface area contributed by atoms with Crippen LogP contribution >= 0.6 is 11.3 Å². The molecule has 1 aromatic carbocycles. The molecule has 3 aromatic rings. The summed E-state index contributed by atoms with van der Waals surface area (Å²) in [5.41, 5.74) is 3.95. The molecule has 25 heavy (non-hydrogen) atoms. The van der Waals surface area contributed by atoms with Gasteiger partial charge in [0.15, 0.2) is 10.8 Å². The second kappa shape index (κ2) is 6.15. The molecule has 0 bridgehead atoms. The lowest BCUT2D eigenvalue weighted by atomic mass is 10.1. The van der Waals surface area contributed by atoms with Crippen LogP contribution < -0.4 is 4.90 Å². The molecule has 130 valence electrons. The topological polar surface area (TPSA) is 62.5 Å². The molecule has 1 fully saturated rings. The summed E-state index contributed by atoms with van der Waals surface area (Å²) in [4.78, 5) is 21.4. The van der Waals surface area contributed by atoms with Crippen LogP contribution in [0.2, 0.25) is 0 Å². The highest BCUT2D eigenvalue weighted by atomic mass is 32.1. The molecule has 7 heteroatoms. The van der Waals surface area contributed by atoms with Gasteiger partial charge >= 0.3 is 0 Å². The van der Waals surface area contributed by atoms with Crippen LogP contribution in [0.4, 0.5) is 5.13 Å². The van der Waals surface area contributed by atoms with Crippen molar-refractivity contribution in [3.63, 3.8) is 0 Å². The minimum absolute atomic E-state index is 0.0625. The molecule has 1 amide bonds. The van der Waals surface area contributed by atoms with Crippen LogP contribution in [0.15, 0.2) is 22.7 Å². The Balaban J connectivity index is 1.49. The molecule has 0 spiro atoms. The first-order valence-electron chi connectivity index (χ1n) is 8.37. The third kappa shape index (κ3) is 2.89. The van der Waals surface area contributed by atoms with Gasteiger partial charge in [0.1, 0.15) is 5.76 Å². The van der Waals surface area contributed by atoms with E-state index >= 15 is 0 Å². The van der Waals surface area contributed by atoms with Crippen LogP contribution in [-0.2, 0) is 0 Å². The van der Waals surface area contributed by atoms with E-state index in [2.05, 4.69) is 36.0 Å². The fourth-order valence-corrected chi connectivity index (χ4v) is 4.28. The number of fused-ring (bicyclic) bond motifs is 1. The molecule has 4 rings (SSSR count). The van der Waals surface area contributed by atoms with E-state index in [1.165, 1.54) is 15.8 Å². The van der Waals surface area contributed by atoms with E-state index < -0.39 is 0 Å². The Morgan fingerprint density at radius 2 is 1.84 bits per heavy atom. The lowest BCUT2D eigenvalue weighted by molar-refractivity contribution is 0.0736. The molecule has 2 aromatic heterocycles. The highest BCUT2D eigenvalue weighted by Crippen LogP contribution is 2.33. The molecule has 1 aliphatic heterocycles. The molecular formula is C18H20N4O2S. The van der Waals surface area contributed by atoms with E-state index in [-0.39, 0.29) is 5.91 Å². The number of aromatic nitrogens is 2. The second-order valence-corrected chi connectivity index (χ2v) is 7.45. The van der Waals surface area contributed by atoms with Gasteiger partial charge in [-0.2, -0.15) is 0 Å². The fraction of sp³-hybridized carbons (Fsp3) is 0.389. The zero-order chi connectivity index (χ0) is 17.6. The number of carbonyl (C=O) groups excluding carboxylic acids is 1. The number of thiazole rings is 1. The van der Waals surface area contributed by atoms with Crippen LogP contribution in [0.25, 0.3) is 10.2 Å². The van der Waals surface area contributed by atoms with Crippen molar-refractivity contribution < 1.29 is 9.32 Å². The van der Waals surface area contributed by atoms with E-state index in [1.807, 2.05) is 4.90 Å². The van der Waals surface area contributed by atoms with Crippen molar-refractivity contribution in [2.24, 2.45) is 0 Å². The minimum Gasteiger partial charge on any atom is -0.361 e. The molecule has 0 saturated carbocycles. The molecule has 0 unspecified atom stereocenters. The summed E-state index contributed by atoms with van der Waals surface area (Å²) in [7, 11) is 0. The zero-order valence-electron chi connectivity index (χ0n) is 14.6. The quantitative estimate of drug-likeness (QED) is 0.706. The Kier molecular flexibility index (Phi) is 3.95. The number of nitrogens with zero attached hydrogens (tertiary/aromatic N) is 4. The van der Waals surface area contributed by atoms with Gasteiger partial charge in [0.2, 0.25) is 0 Å². The SMILES string of the molecule is Cc1cc(C(=O)N2CCN(c3nc4c(C)ccc(C)c4s3)CC2)no1. The molecule has 0 N–H and O–H groups in total. The smallest absolute Gasteiger partial charge is 0.276 e. The Bertz CT molecular complexity index is 899. The summed E-state index contributed by atoms with van der Waals surface area (Å²) in [6, 6.07) is 5.96. The number of hydrogen-bond acceptors (Lipinski definition) is 6. The predicted octanol–water partition coefficient (Wildman–Crippen LogP) is 3.17. The standard InChI is InChI=1S/C18H20N4O2S/c1-11-4-5-12(2)16-15(11)19-18(25-16)22-8-6-21(7-9-22)17(23)14-10-13(3)24-20-14/h4-5,10H,6-9H2,1-3H3. The van der Waals surface area contributed by atoms with E-state index in [0.29, 0.717) is 24.5 Å². The number of aryl methyl sites for hydroxylation is 3. The molecule has 1 aliphatic rings. The van der Waals surface area contributed by atoms with Crippen molar-refractivity contribution in [1.29, 1.82) is 0 Å². The summed E-state index contributed by atoms with van der Waals surface area (Å²) in [6.07, 6.45) is 0. The van der Waals surface area contributed by atoms with Crippen molar-refractivity contribution in [3.05, 3.63) is 40.8 Å². The Morgan fingerprint density at radius 3 is 2.48 bits per heavy atom. The summed E-state index contributed by atoms with van der Waals surface area (Å²) in [5.74, 6) is 0.592. The normalized spacial score (nSPS) is 15.2. The van der Waals surface area contributed by atoms with Gasteiger partial charge < -0.3 is 14.3 Å². The third-order valence-electron chi connectivity index (χ3n) is 4.62. The van der Waals surface area contributed by atoms with Gasteiger partial charge in [-0.05, 0) is 31.9 Å². The number of amides is 1. The average molecular weight is 356 g/mol. The number of benzene rings is 1. The van der Waals surface area contributed by atoms with E-state index in [4.69, 9.17) is 9.51 Å².